The second-order valence-electron chi connectivity index (χ2n) is 7.84. The third-order valence-electron chi connectivity index (χ3n) is 5.93. The van der Waals surface area contributed by atoms with E-state index in [1.165, 1.54) is 5.56 Å². The Kier molecular flexibility index (Phi) is 5.37. The third-order valence-corrected chi connectivity index (χ3v) is 6.25. The molecule has 2 aromatic carbocycles. The SMILES string of the molecule is CCc1ccc(N2C(=S)NC(c3ccccn3)C2c2cccn2-c2ccc(O)cc2)cc1. The van der Waals surface area contributed by atoms with Crippen molar-refractivity contribution in [1.29, 1.82) is 0 Å². The number of pyridine rings is 1. The molecule has 1 aliphatic heterocycles. The lowest BCUT2D eigenvalue weighted by Gasteiger charge is -2.29. The molecule has 2 unspecified atom stereocenters. The molecule has 0 bridgehead atoms. The molecule has 6 heteroatoms. The highest BCUT2D eigenvalue weighted by atomic mass is 32.1. The Morgan fingerprint density at radius 2 is 1.69 bits per heavy atom. The molecule has 4 aromatic rings. The molecule has 0 aliphatic carbocycles. The van der Waals surface area contributed by atoms with Gasteiger partial charge in [-0.05, 0) is 84.9 Å². The number of anilines is 1. The largest absolute Gasteiger partial charge is 0.508 e. The van der Waals surface area contributed by atoms with E-state index in [0.717, 1.165) is 29.2 Å². The zero-order valence-electron chi connectivity index (χ0n) is 17.7. The second kappa shape index (κ2) is 8.48. The molecule has 3 heterocycles. The molecule has 2 N–H and O–H groups in total. The smallest absolute Gasteiger partial charge is 0.174 e. The van der Waals surface area contributed by atoms with Gasteiger partial charge in [-0.25, -0.2) is 0 Å². The van der Waals surface area contributed by atoms with Gasteiger partial charge in [-0.3, -0.25) is 4.98 Å². The molecule has 0 spiro atoms. The fourth-order valence-electron chi connectivity index (χ4n) is 4.31. The predicted octanol–water partition coefficient (Wildman–Crippen LogP) is 5.32. The van der Waals surface area contributed by atoms with Crippen LogP contribution in [-0.4, -0.2) is 19.8 Å². The summed E-state index contributed by atoms with van der Waals surface area (Å²) < 4.78 is 2.14. The van der Waals surface area contributed by atoms with E-state index in [0.29, 0.717) is 5.11 Å². The Morgan fingerprint density at radius 1 is 0.938 bits per heavy atom. The van der Waals surface area contributed by atoms with Crippen LogP contribution in [0.25, 0.3) is 5.69 Å². The number of nitrogens with zero attached hydrogens (tertiary/aromatic N) is 3. The number of thiocarbonyl (C=S) groups is 1. The molecular formula is C26H24N4OS. The van der Waals surface area contributed by atoms with Crippen molar-refractivity contribution < 1.29 is 5.11 Å². The average molecular weight is 441 g/mol. The number of aromatic hydroxyl groups is 1. The zero-order valence-corrected chi connectivity index (χ0v) is 18.5. The minimum atomic E-state index is -0.111. The Morgan fingerprint density at radius 3 is 2.38 bits per heavy atom. The van der Waals surface area contributed by atoms with Crippen molar-refractivity contribution in [2.24, 2.45) is 0 Å². The van der Waals surface area contributed by atoms with E-state index in [2.05, 4.69) is 57.0 Å². The summed E-state index contributed by atoms with van der Waals surface area (Å²) in [7, 11) is 0. The van der Waals surface area contributed by atoms with E-state index in [4.69, 9.17) is 12.2 Å². The Bertz CT molecular complexity index is 1220. The number of hydrogen-bond donors (Lipinski definition) is 2. The normalized spacial score (nSPS) is 18.0. The van der Waals surface area contributed by atoms with Gasteiger partial charge in [0.15, 0.2) is 5.11 Å². The molecule has 1 fully saturated rings. The molecule has 160 valence electrons. The van der Waals surface area contributed by atoms with E-state index in [9.17, 15) is 5.11 Å². The molecule has 2 aromatic heterocycles. The lowest BCUT2D eigenvalue weighted by Crippen LogP contribution is -2.30. The van der Waals surface area contributed by atoms with Crippen molar-refractivity contribution >= 4 is 23.0 Å². The minimum Gasteiger partial charge on any atom is -0.508 e. The van der Waals surface area contributed by atoms with Crippen molar-refractivity contribution in [3.63, 3.8) is 0 Å². The van der Waals surface area contributed by atoms with Gasteiger partial charge >= 0.3 is 0 Å². The Hall–Kier alpha value is -3.64. The number of aryl methyl sites for hydroxylation is 1. The number of phenolic OH excluding ortho intramolecular Hbond substituents is 1. The summed E-state index contributed by atoms with van der Waals surface area (Å²) in [5.41, 5.74) is 5.32. The number of aromatic nitrogens is 2. The first-order chi connectivity index (χ1) is 15.7. The molecule has 32 heavy (non-hydrogen) atoms. The number of phenols is 1. The summed E-state index contributed by atoms with van der Waals surface area (Å²) in [4.78, 5) is 6.81. The highest BCUT2D eigenvalue weighted by molar-refractivity contribution is 7.80. The van der Waals surface area contributed by atoms with Gasteiger partial charge in [-0.1, -0.05) is 25.1 Å². The number of benzene rings is 2. The van der Waals surface area contributed by atoms with Crippen LogP contribution < -0.4 is 10.2 Å². The van der Waals surface area contributed by atoms with Gasteiger partial charge in [0.1, 0.15) is 11.8 Å². The van der Waals surface area contributed by atoms with Crippen LogP contribution in [0.15, 0.2) is 91.3 Å². The van der Waals surface area contributed by atoms with Crippen molar-refractivity contribution in [1.82, 2.24) is 14.9 Å². The Balaban J connectivity index is 1.64. The summed E-state index contributed by atoms with van der Waals surface area (Å²) in [6, 6.07) is 25.7. The number of nitrogens with one attached hydrogen (secondary N) is 1. The van der Waals surface area contributed by atoms with Gasteiger partial charge in [-0.15, -0.1) is 0 Å². The molecule has 5 nitrogen and oxygen atoms in total. The minimum absolute atomic E-state index is 0.103. The van der Waals surface area contributed by atoms with Gasteiger partial charge in [-0.2, -0.15) is 0 Å². The summed E-state index contributed by atoms with van der Waals surface area (Å²) in [5, 5.41) is 13.9. The fraction of sp³-hybridized carbons (Fsp3) is 0.154. The lowest BCUT2D eigenvalue weighted by atomic mass is 10.0. The lowest BCUT2D eigenvalue weighted by molar-refractivity contribution is 0.475. The van der Waals surface area contributed by atoms with Crippen LogP contribution in [-0.2, 0) is 6.42 Å². The maximum Gasteiger partial charge on any atom is 0.174 e. The van der Waals surface area contributed by atoms with Gasteiger partial charge in [0, 0.05) is 29.5 Å². The van der Waals surface area contributed by atoms with Crippen molar-refractivity contribution in [2.75, 3.05) is 4.90 Å². The van der Waals surface area contributed by atoms with Crippen molar-refractivity contribution in [3.8, 4) is 11.4 Å². The third kappa shape index (κ3) is 3.63. The van der Waals surface area contributed by atoms with Gasteiger partial charge in [0.25, 0.3) is 0 Å². The fourth-order valence-corrected chi connectivity index (χ4v) is 4.66. The van der Waals surface area contributed by atoms with Crippen LogP contribution in [0.3, 0.4) is 0 Å². The predicted molar refractivity (Wildman–Crippen MR) is 131 cm³/mol. The van der Waals surface area contributed by atoms with Crippen molar-refractivity contribution in [3.05, 3.63) is 108 Å². The zero-order chi connectivity index (χ0) is 22.1. The molecule has 5 rings (SSSR count). The maximum absolute atomic E-state index is 9.74. The number of rotatable bonds is 5. The topological polar surface area (TPSA) is 53.3 Å². The Labute approximate surface area is 193 Å². The first-order valence-corrected chi connectivity index (χ1v) is 11.1. The van der Waals surface area contributed by atoms with Gasteiger partial charge in [0.2, 0.25) is 0 Å². The molecule has 2 atom stereocenters. The van der Waals surface area contributed by atoms with Crippen LogP contribution in [0.1, 0.15) is 36.0 Å². The van der Waals surface area contributed by atoms with Crippen LogP contribution >= 0.6 is 12.2 Å². The first-order valence-electron chi connectivity index (χ1n) is 10.7. The molecule has 1 aliphatic rings. The van der Waals surface area contributed by atoms with E-state index in [1.807, 2.05) is 48.8 Å². The van der Waals surface area contributed by atoms with Gasteiger partial charge in [0.05, 0.1) is 11.7 Å². The van der Waals surface area contributed by atoms with Crippen LogP contribution in [0.2, 0.25) is 0 Å². The molecular weight excluding hydrogens is 416 g/mol. The average Bonchev–Trinajstić information content (AvgIpc) is 3.44. The summed E-state index contributed by atoms with van der Waals surface area (Å²) in [5.74, 6) is 0.246. The maximum atomic E-state index is 9.74. The van der Waals surface area contributed by atoms with E-state index in [-0.39, 0.29) is 17.8 Å². The van der Waals surface area contributed by atoms with Crippen LogP contribution in [0.5, 0.6) is 5.75 Å². The van der Waals surface area contributed by atoms with Crippen molar-refractivity contribution in [2.45, 2.75) is 25.4 Å². The van der Waals surface area contributed by atoms with Crippen LogP contribution in [0, 0.1) is 0 Å². The van der Waals surface area contributed by atoms with E-state index >= 15 is 0 Å². The summed E-state index contributed by atoms with van der Waals surface area (Å²) in [6.07, 6.45) is 4.85. The second-order valence-corrected chi connectivity index (χ2v) is 8.22. The number of hydrogen-bond acceptors (Lipinski definition) is 3. The molecule has 0 radical (unpaired) electrons. The first kappa shape index (κ1) is 20.3. The van der Waals surface area contributed by atoms with Crippen LogP contribution in [0.4, 0.5) is 5.69 Å². The molecule has 1 saturated heterocycles. The van der Waals surface area contributed by atoms with Gasteiger partial charge < -0.3 is 19.9 Å². The highest BCUT2D eigenvalue weighted by Gasteiger charge is 2.42. The molecule has 0 amide bonds. The monoisotopic (exact) mass is 440 g/mol. The summed E-state index contributed by atoms with van der Waals surface area (Å²) in [6.45, 7) is 2.15. The van der Waals surface area contributed by atoms with E-state index < -0.39 is 0 Å². The summed E-state index contributed by atoms with van der Waals surface area (Å²) >= 11 is 5.83. The van der Waals surface area contributed by atoms with E-state index in [1.54, 1.807) is 12.1 Å². The highest BCUT2D eigenvalue weighted by Crippen LogP contribution is 2.42. The molecule has 0 saturated carbocycles. The standard InChI is InChI=1S/C26H24N4OS/c1-2-18-8-10-20(11-9-18)30-25(24(28-26(30)32)22-6-3-4-16-27-22)23-7-5-17-29(23)19-12-14-21(31)15-13-19/h3-17,24-25,31H,2H2,1H3,(H,28,32). The quantitative estimate of drug-likeness (QED) is 0.412.